The van der Waals surface area contributed by atoms with Crippen LogP contribution in [0.1, 0.15) is 29.3 Å². The first kappa shape index (κ1) is 17.0. The molecule has 0 saturated carbocycles. The van der Waals surface area contributed by atoms with Crippen molar-refractivity contribution in [2.45, 2.75) is 37.5 Å². The number of alkyl halides is 3. The van der Waals surface area contributed by atoms with Gasteiger partial charge in [-0.3, -0.25) is 4.79 Å². The number of pyridine rings is 1. The highest BCUT2D eigenvalue weighted by Crippen LogP contribution is 2.29. The van der Waals surface area contributed by atoms with Crippen LogP contribution in [-0.4, -0.2) is 34.0 Å². The first-order valence-electron chi connectivity index (χ1n) is 8.41. The predicted octanol–water partition coefficient (Wildman–Crippen LogP) is 2.20. The average molecular weight is 366 g/mol. The molecular formula is C17H17F3N4O2. The molecule has 0 bridgehead atoms. The van der Waals surface area contributed by atoms with Gasteiger partial charge >= 0.3 is 6.18 Å². The SMILES string of the molecule is O=c1cc2c(nn1C1COCC1Nc1ccc(C(F)(F)F)cn1)CCC2. The summed E-state index contributed by atoms with van der Waals surface area (Å²) in [6.45, 7) is 0.628. The fraction of sp³-hybridized carbons (Fsp3) is 0.471. The third kappa shape index (κ3) is 3.18. The van der Waals surface area contributed by atoms with Crippen molar-refractivity contribution in [2.24, 2.45) is 0 Å². The second kappa shape index (κ2) is 6.39. The molecule has 1 aliphatic heterocycles. The zero-order valence-electron chi connectivity index (χ0n) is 13.8. The fourth-order valence-electron chi connectivity index (χ4n) is 3.41. The zero-order valence-corrected chi connectivity index (χ0v) is 13.8. The third-order valence-electron chi connectivity index (χ3n) is 4.77. The van der Waals surface area contributed by atoms with E-state index >= 15 is 0 Å². The highest BCUT2D eigenvalue weighted by molar-refractivity contribution is 5.38. The lowest BCUT2D eigenvalue weighted by Crippen LogP contribution is -2.38. The Kier molecular flexibility index (Phi) is 4.18. The largest absolute Gasteiger partial charge is 0.417 e. The maximum Gasteiger partial charge on any atom is 0.417 e. The highest BCUT2D eigenvalue weighted by atomic mass is 19.4. The van der Waals surface area contributed by atoms with Crippen LogP contribution in [0.3, 0.4) is 0 Å². The molecule has 2 unspecified atom stereocenters. The van der Waals surface area contributed by atoms with Gasteiger partial charge in [-0.25, -0.2) is 9.67 Å². The van der Waals surface area contributed by atoms with Gasteiger partial charge in [0.05, 0.1) is 30.5 Å². The molecule has 6 nitrogen and oxygen atoms in total. The lowest BCUT2D eigenvalue weighted by molar-refractivity contribution is -0.137. The molecule has 4 rings (SSSR count). The maximum atomic E-state index is 12.6. The van der Waals surface area contributed by atoms with Crippen LogP contribution >= 0.6 is 0 Å². The Labute approximate surface area is 147 Å². The van der Waals surface area contributed by atoms with Crippen molar-refractivity contribution >= 4 is 5.82 Å². The van der Waals surface area contributed by atoms with E-state index < -0.39 is 11.7 Å². The minimum Gasteiger partial charge on any atom is -0.377 e. The summed E-state index contributed by atoms with van der Waals surface area (Å²) in [5.41, 5.74) is 0.939. The topological polar surface area (TPSA) is 69.0 Å². The molecule has 2 aromatic heterocycles. The number of aromatic nitrogens is 3. The monoisotopic (exact) mass is 366 g/mol. The van der Waals surface area contributed by atoms with E-state index in [0.717, 1.165) is 42.8 Å². The molecule has 9 heteroatoms. The van der Waals surface area contributed by atoms with Crippen LogP contribution in [0, 0.1) is 0 Å². The summed E-state index contributed by atoms with van der Waals surface area (Å²) in [6, 6.07) is 3.24. The molecule has 1 aliphatic carbocycles. The summed E-state index contributed by atoms with van der Waals surface area (Å²) in [5.74, 6) is 0.299. The van der Waals surface area contributed by atoms with E-state index in [1.54, 1.807) is 6.07 Å². The van der Waals surface area contributed by atoms with Gasteiger partial charge in [-0.05, 0) is 37.0 Å². The molecule has 1 saturated heterocycles. The molecule has 1 N–H and O–H groups in total. The van der Waals surface area contributed by atoms with Gasteiger partial charge in [0.1, 0.15) is 11.9 Å². The number of nitrogens with one attached hydrogen (secondary N) is 1. The lowest BCUT2D eigenvalue weighted by atomic mass is 10.1. The number of ether oxygens (including phenoxy) is 1. The van der Waals surface area contributed by atoms with Crippen molar-refractivity contribution in [1.82, 2.24) is 14.8 Å². The molecule has 2 aliphatic rings. The summed E-state index contributed by atoms with van der Waals surface area (Å²) in [4.78, 5) is 16.2. The molecule has 0 spiro atoms. The molecular weight excluding hydrogens is 349 g/mol. The summed E-state index contributed by atoms with van der Waals surface area (Å²) in [6.07, 6.45) is -0.929. The van der Waals surface area contributed by atoms with Crippen LogP contribution in [-0.2, 0) is 23.8 Å². The molecule has 3 heterocycles. The second-order valence-electron chi connectivity index (χ2n) is 6.54. The Hall–Kier alpha value is -2.42. The Morgan fingerprint density at radius 1 is 1.23 bits per heavy atom. The number of hydrogen-bond acceptors (Lipinski definition) is 5. The minimum atomic E-state index is -4.42. The smallest absolute Gasteiger partial charge is 0.377 e. The molecule has 138 valence electrons. The van der Waals surface area contributed by atoms with Crippen LogP contribution < -0.4 is 10.9 Å². The quantitative estimate of drug-likeness (QED) is 0.902. The van der Waals surface area contributed by atoms with E-state index in [1.807, 2.05) is 0 Å². The molecule has 0 radical (unpaired) electrons. The molecule has 1 fully saturated rings. The number of anilines is 1. The van der Waals surface area contributed by atoms with E-state index in [2.05, 4.69) is 15.4 Å². The van der Waals surface area contributed by atoms with E-state index in [9.17, 15) is 18.0 Å². The van der Waals surface area contributed by atoms with E-state index in [0.29, 0.717) is 19.0 Å². The molecule has 0 amide bonds. The first-order chi connectivity index (χ1) is 12.4. The number of nitrogens with zero attached hydrogens (tertiary/aromatic N) is 3. The van der Waals surface area contributed by atoms with Crippen LogP contribution in [0.25, 0.3) is 0 Å². The van der Waals surface area contributed by atoms with Gasteiger partial charge < -0.3 is 10.1 Å². The van der Waals surface area contributed by atoms with Crippen molar-refractivity contribution < 1.29 is 17.9 Å². The van der Waals surface area contributed by atoms with Crippen molar-refractivity contribution in [3.05, 3.63) is 51.6 Å². The maximum absolute atomic E-state index is 12.6. The van der Waals surface area contributed by atoms with Gasteiger partial charge in [-0.1, -0.05) is 0 Å². The highest BCUT2D eigenvalue weighted by Gasteiger charge is 2.33. The standard InChI is InChI=1S/C17H17F3N4O2/c18-17(19,20)11-4-5-15(21-7-11)22-13-8-26-9-14(13)24-16(25)6-10-2-1-3-12(10)23-24/h4-7,13-14H,1-3,8-9H2,(H,21,22). The normalized spacial score (nSPS) is 22.4. The lowest BCUT2D eigenvalue weighted by Gasteiger charge is -2.21. The van der Waals surface area contributed by atoms with Crippen molar-refractivity contribution in [1.29, 1.82) is 0 Å². The third-order valence-corrected chi connectivity index (χ3v) is 4.77. The Morgan fingerprint density at radius 3 is 2.81 bits per heavy atom. The fourth-order valence-corrected chi connectivity index (χ4v) is 3.41. The Bertz CT molecular complexity index is 864. The van der Waals surface area contributed by atoms with Crippen LogP contribution in [0.2, 0.25) is 0 Å². The van der Waals surface area contributed by atoms with Crippen LogP contribution in [0.4, 0.5) is 19.0 Å². The number of halogens is 3. The van der Waals surface area contributed by atoms with E-state index in [-0.39, 0.29) is 17.6 Å². The summed E-state index contributed by atoms with van der Waals surface area (Å²) >= 11 is 0. The molecule has 2 aromatic rings. The van der Waals surface area contributed by atoms with Gasteiger partial charge in [-0.15, -0.1) is 0 Å². The van der Waals surface area contributed by atoms with Gasteiger partial charge in [-0.2, -0.15) is 18.3 Å². The molecule has 2 atom stereocenters. The van der Waals surface area contributed by atoms with E-state index in [1.165, 1.54) is 10.7 Å². The van der Waals surface area contributed by atoms with E-state index in [4.69, 9.17) is 4.74 Å². The Morgan fingerprint density at radius 2 is 2.08 bits per heavy atom. The second-order valence-corrected chi connectivity index (χ2v) is 6.54. The summed E-state index contributed by atoms with van der Waals surface area (Å²) < 4.78 is 44.8. The zero-order chi connectivity index (χ0) is 18.3. The summed E-state index contributed by atoms with van der Waals surface area (Å²) in [5, 5.41) is 7.55. The molecule has 26 heavy (non-hydrogen) atoms. The number of rotatable bonds is 3. The van der Waals surface area contributed by atoms with Crippen molar-refractivity contribution in [2.75, 3.05) is 18.5 Å². The van der Waals surface area contributed by atoms with Gasteiger partial charge in [0.15, 0.2) is 0 Å². The van der Waals surface area contributed by atoms with Crippen LogP contribution in [0.15, 0.2) is 29.2 Å². The van der Waals surface area contributed by atoms with Crippen LogP contribution in [0.5, 0.6) is 0 Å². The average Bonchev–Trinajstić information content (AvgIpc) is 3.22. The summed E-state index contributed by atoms with van der Waals surface area (Å²) in [7, 11) is 0. The number of fused-ring (bicyclic) bond motifs is 1. The van der Waals surface area contributed by atoms with Crippen molar-refractivity contribution in [3.8, 4) is 0 Å². The number of hydrogen-bond donors (Lipinski definition) is 1. The Balaban J connectivity index is 1.55. The first-order valence-corrected chi connectivity index (χ1v) is 8.41. The van der Waals surface area contributed by atoms with Crippen molar-refractivity contribution in [3.63, 3.8) is 0 Å². The predicted molar refractivity (Wildman–Crippen MR) is 87.0 cm³/mol. The van der Waals surface area contributed by atoms with Gasteiger partial charge in [0.2, 0.25) is 0 Å². The van der Waals surface area contributed by atoms with Gasteiger partial charge in [0.25, 0.3) is 5.56 Å². The minimum absolute atomic E-state index is 0.187. The molecule has 0 aromatic carbocycles. The number of aryl methyl sites for hydroxylation is 2. The van der Waals surface area contributed by atoms with Gasteiger partial charge in [0, 0.05) is 12.3 Å².